The van der Waals surface area contributed by atoms with Crippen molar-refractivity contribution in [3.8, 4) is 5.75 Å². The van der Waals surface area contributed by atoms with E-state index in [-0.39, 0.29) is 11.3 Å². The number of hydrogen-bond acceptors (Lipinski definition) is 5. The lowest BCUT2D eigenvalue weighted by Gasteiger charge is -2.57. The number of ketones is 1. The normalized spacial score (nSPS) is 44.6. The first-order valence-corrected chi connectivity index (χ1v) is 14.9. The van der Waals surface area contributed by atoms with Crippen LogP contribution in [-0.4, -0.2) is 38.6 Å². The minimum Gasteiger partial charge on any atom is -0.497 e. The van der Waals surface area contributed by atoms with E-state index in [1.54, 1.807) is 7.11 Å². The van der Waals surface area contributed by atoms with E-state index >= 15 is 0 Å². The van der Waals surface area contributed by atoms with Crippen LogP contribution in [0.1, 0.15) is 78.1 Å². The number of rotatable bonds is 4. The number of fused-ring (bicyclic) bond motifs is 8. The van der Waals surface area contributed by atoms with Crippen LogP contribution in [0.4, 0.5) is 0 Å². The second-order valence-corrected chi connectivity index (χ2v) is 13.9. The van der Waals surface area contributed by atoms with Gasteiger partial charge in [0.2, 0.25) is 0 Å². The zero-order valence-electron chi connectivity index (χ0n) is 22.7. The standard InChI is InChI=1S/C31H43N3O3/c1-30(36)13-11-20-18(16-30)7-9-24-21(20)12-14-31(2)28(24)22-5-4-6-23(22)29(31)27(35)17-34-26-15-19(37-3)8-10-25(26)32-33-34/h8,10,15,18,20-24,28-29,36H,4-7,9,11-14,16-17H2,1-3H3/t18?,20-,21+,22+,23-,24?,28?,29+,30+,31-/m0/s1. The summed E-state index contributed by atoms with van der Waals surface area (Å²) in [6, 6.07) is 5.77. The van der Waals surface area contributed by atoms with Gasteiger partial charge in [0.25, 0.3) is 0 Å². The molecule has 0 saturated heterocycles. The molecule has 10 atom stereocenters. The Balaban J connectivity index is 1.17. The second-order valence-electron chi connectivity index (χ2n) is 13.9. The number of ether oxygens (including phenoxy) is 1. The monoisotopic (exact) mass is 505 g/mol. The lowest BCUT2D eigenvalue weighted by molar-refractivity contribution is -0.135. The Kier molecular flexibility index (Phi) is 5.56. The Morgan fingerprint density at radius 2 is 1.81 bits per heavy atom. The predicted octanol–water partition coefficient (Wildman–Crippen LogP) is 5.66. The highest BCUT2D eigenvalue weighted by Gasteiger charge is 2.66. The van der Waals surface area contributed by atoms with E-state index in [1.807, 2.05) is 22.9 Å². The van der Waals surface area contributed by atoms with Crippen LogP contribution in [0.2, 0.25) is 0 Å². The number of hydrogen-bond donors (Lipinski definition) is 1. The molecule has 7 rings (SSSR count). The summed E-state index contributed by atoms with van der Waals surface area (Å²) in [6.07, 6.45) is 12.0. The van der Waals surface area contributed by atoms with E-state index in [1.165, 1.54) is 51.4 Å². The molecule has 5 aliphatic carbocycles. The summed E-state index contributed by atoms with van der Waals surface area (Å²) in [5.41, 5.74) is 1.33. The molecule has 0 radical (unpaired) electrons. The van der Waals surface area contributed by atoms with Gasteiger partial charge in [0.1, 0.15) is 17.8 Å². The van der Waals surface area contributed by atoms with Crippen molar-refractivity contribution in [2.45, 2.75) is 90.2 Å². The van der Waals surface area contributed by atoms with Crippen molar-refractivity contribution in [1.29, 1.82) is 0 Å². The molecular formula is C31H43N3O3. The van der Waals surface area contributed by atoms with Crippen molar-refractivity contribution < 1.29 is 14.6 Å². The van der Waals surface area contributed by atoms with Gasteiger partial charge in [-0.1, -0.05) is 18.6 Å². The molecule has 0 aliphatic heterocycles. The molecule has 5 fully saturated rings. The summed E-state index contributed by atoms with van der Waals surface area (Å²) in [7, 11) is 1.67. The first-order valence-electron chi connectivity index (χ1n) is 14.9. The molecule has 0 bridgehead atoms. The maximum Gasteiger partial charge on any atom is 0.158 e. The number of methoxy groups -OCH3 is 1. The number of carbonyl (C=O) groups is 1. The lowest BCUT2D eigenvalue weighted by atomic mass is 9.48. The van der Waals surface area contributed by atoms with Gasteiger partial charge >= 0.3 is 0 Å². The minimum absolute atomic E-state index is 0.106. The summed E-state index contributed by atoms with van der Waals surface area (Å²) in [5, 5.41) is 19.5. The molecule has 0 amide bonds. The second kappa shape index (κ2) is 8.53. The zero-order valence-corrected chi connectivity index (χ0v) is 22.7. The molecule has 1 aromatic carbocycles. The van der Waals surface area contributed by atoms with Gasteiger partial charge in [0, 0.05) is 12.0 Å². The van der Waals surface area contributed by atoms with Crippen LogP contribution in [0, 0.1) is 52.8 Å². The molecule has 6 heteroatoms. The molecule has 6 nitrogen and oxygen atoms in total. The van der Waals surface area contributed by atoms with Crippen molar-refractivity contribution in [3.63, 3.8) is 0 Å². The van der Waals surface area contributed by atoms with E-state index < -0.39 is 5.60 Å². The summed E-state index contributed by atoms with van der Waals surface area (Å²) >= 11 is 0. The van der Waals surface area contributed by atoms with Crippen LogP contribution in [0.5, 0.6) is 5.75 Å². The van der Waals surface area contributed by atoms with Gasteiger partial charge in [-0.3, -0.25) is 4.79 Å². The highest BCUT2D eigenvalue weighted by molar-refractivity contribution is 5.85. The average molecular weight is 506 g/mol. The van der Waals surface area contributed by atoms with Gasteiger partial charge in [-0.05, 0) is 124 Å². The van der Waals surface area contributed by atoms with Gasteiger partial charge in [-0.25, -0.2) is 4.68 Å². The molecule has 37 heavy (non-hydrogen) atoms. The molecule has 2 aromatic rings. The number of Topliss-reactive ketones (excluding diaryl/α,β-unsaturated/α-hetero) is 1. The largest absolute Gasteiger partial charge is 0.497 e. The van der Waals surface area contributed by atoms with Crippen molar-refractivity contribution in [3.05, 3.63) is 18.2 Å². The van der Waals surface area contributed by atoms with Crippen LogP contribution in [-0.2, 0) is 11.3 Å². The SMILES string of the molecule is COc1ccc2nnn(CC(=O)[C@H]3[C@H]4CCC[C@H]4C4C5CCC6C[C@](C)(O)CC[C@@H]6[C@H]5CC[C@@]43C)c2c1. The quantitative estimate of drug-likeness (QED) is 0.580. The molecular weight excluding hydrogens is 462 g/mol. The van der Waals surface area contributed by atoms with Gasteiger partial charge in [-0.2, -0.15) is 0 Å². The average Bonchev–Trinajstić information content (AvgIpc) is 3.55. The van der Waals surface area contributed by atoms with Crippen LogP contribution in [0.25, 0.3) is 11.0 Å². The van der Waals surface area contributed by atoms with Gasteiger partial charge < -0.3 is 9.84 Å². The van der Waals surface area contributed by atoms with Crippen molar-refractivity contribution >= 4 is 16.8 Å². The van der Waals surface area contributed by atoms with Gasteiger partial charge in [0.05, 0.1) is 18.2 Å². The zero-order chi connectivity index (χ0) is 25.5. The Morgan fingerprint density at radius 1 is 1.03 bits per heavy atom. The fraction of sp³-hybridized carbons (Fsp3) is 0.774. The summed E-state index contributed by atoms with van der Waals surface area (Å²) in [6.45, 7) is 4.86. The van der Waals surface area contributed by atoms with E-state index in [0.29, 0.717) is 36.0 Å². The maximum atomic E-state index is 14.2. The Hall–Kier alpha value is -1.95. The molecule has 0 spiro atoms. The van der Waals surface area contributed by atoms with E-state index in [9.17, 15) is 9.90 Å². The first-order chi connectivity index (χ1) is 17.8. The molecule has 1 aromatic heterocycles. The van der Waals surface area contributed by atoms with Gasteiger partial charge in [0.15, 0.2) is 5.78 Å². The van der Waals surface area contributed by atoms with Crippen LogP contribution >= 0.6 is 0 Å². The van der Waals surface area contributed by atoms with Crippen molar-refractivity contribution in [1.82, 2.24) is 15.0 Å². The van der Waals surface area contributed by atoms with Crippen molar-refractivity contribution in [2.75, 3.05) is 7.11 Å². The highest BCUT2D eigenvalue weighted by Crippen LogP contribution is 2.70. The summed E-state index contributed by atoms with van der Waals surface area (Å²) < 4.78 is 7.24. The number of carbonyl (C=O) groups excluding carboxylic acids is 1. The minimum atomic E-state index is -0.464. The molecule has 1 N–H and O–H groups in total. The predicted molar refractivity (Wildman–Crippen MR) is 142 cm³/mol. The molecule has 5 aliphatic rings. The fourth-order valence-electron chi connectivity index (χ4n) is 10.9. The van der Waals surface area contributed by atoms with Crippen LogP contribution in [0.3, 0.4) is 0 Å². The lowest BCUT2D eigenvalue weighted by Crippen LogP contribution is -2.52. The van der Waals surface area contributed by atoms with Crippen LogP contribution < -0.4 is 4.74 Å². The maximum absolute atomic E-state index is 14.2. The molecule has 1 heterocycles. The molecule has 3 unspecified atom stereocenters. The number of nitrogens with zero attached hydrogens (tertiary/aromatic N) is 3. The third kappa shape index (κ3) is 3.64. The molecule has 5 saturated carbocycles. The van der Waals surface area contributed by atoms with Crippen LogP contribution in [0.15, 0.2) is 18.2 Å². The number of aromatic nitrogens is 3. The fourth-order valence-corrected chi connectivity index (χ4v) is 10.9. The Labute approximate surface area is 220 Å². The molecule has 200 valence electrons. The Bertz CT molecular complexity index is 1210. The van der Waals surface area contributed by atoms with E-state index in [0.717, 1.165) is 47.4 Å². The van der Waals surface area contributed by atoms with E-state index in [4.69, 9.17) is 4.74 Å². The number of benzene rings is 1. The third-order valence-corrected chi connectivity index (χ3v) is 12.1. The Morgan fingerprint density at radius 3 is 2.65 bits per heavy atom. The topological polar surface area (TPSA) is 77.2 Å². The highest BCUT2D eigenvalue weighted by atomic mass is 16.5. The first kappa shape index (κ1) is 24.1. The van der Waals surface area contributed by atoms with Gasteiger partial charge in [-0.15, -0.1) is 5.10 Å². The third-order valence-electron chi connectivity index (χ3n) is 12.1. The summed E-state index contributed by atoms with van der Waals surface area (Å²) in [5.74, 6) is 6.27. The summed E-state index contributed by atoms with van der Waals surface area (Å²) in [4.78, 5) is 14.2. The van der Waals surface area contributed by atoms with E-state index in [2.05, 4.69) is 24.2 Å². The smallest absolute Gasteiger partial charge is 0.158 e. The van der Waals surface area contributed by atoms with Crippen molar-refractivity contribution in [2.24, 2.45) is 52.8 Å². The number of aliphatic hydroxyl groups is 1.